The Hall–Kier alpha value is -1.54. The summed E-state index contributed by atoms with van der Waals surface area (Å²) in [6.45, 7) is 0. The van der Waals surface area contributed by atoms with Crippen LogP contribution in [0.3, 0.4) is 0 Å². The van der Waals surface area contributed by atoms with Crippen LogP contribution in [0.15, 0.2) is 22.0 Å². The molecule has 0 spiro atoms. The SMILES string of the molecule is CSC1=CC(=O)N(C)C1=O.CSC1=CC(=O)N(C)C1=O. The highest BCUT2D eigenvalue weighted by Gasteiger charge is 2.27. The first-order chi connectivity index (χ1) is 9.33. The van der Waals surface area contributed by atoms with Crippen LogP contribution in [0, 0.1) is 0 Å². The zero-order valence-electron chi connectivity index (χ0n) is 11.5. The number of carbonyl (C=O) groups excluding carboxylic acids is 4. The molecule has 0 aromatic carbocycles. The molecule has 108 valence electrons. The van der Waals surface area contributed by atoms with Gasteiger partial charge in [-0.05, 0) is 12.5 Å². The van der Waals surface area contributed by atoms with Gasteiger partial charge in [-0.25, -0.2) is 0 Å². The molecule has 0 aromatic rings. The standard InChI is InChI=1S/2C6H7NO2S/c2*1-7-5(8)3-4(10-2)6(7)9/h2*3H,1-2H3. The number of hydrogen-bond acceptors (Lipinski definition) is 6. The number of thioether (sulfide) groups is 2. The lowest BCUT2D eigenvalue weighted by Gasteiger charge is -2.04. The molecule has 4 amide bonds. The Morgan fingerprint density at radius 3 is 1.15 bits per heavy atom. The average molecular weight is 314 g/mol. The molecular formula is C12H14N2O4S2. The largest absolute Gasteiger partial charge is 0.278 e. The summed E-state index contributed by atoms with van der Waals surface area (Å²) in [5, 5.41) is 0. The highest BCUT2D eigenvalue weighted by Crippen LogP contribution is 2.20. The van der Waals surface area contributed by atoms with Crippen molar-refractivity contribution in [2.24, 2.45) is 0 Å². The van der Waals surface area contributed by atoms with Gasteiger partial charge in [0.2, 0.25) is 0 Å². The molecule has 0 bridgehead atoms. The molecule has 0 aromatic heterocycles. The van der Waals surface area contributed by atoms with E-state index in [0.29, 0.717) is 9.81 Å². The molecule has 2 aliphatic rings. The van der Waals surface area contributed by atoms with Gasteiger partial charge in [-0.3, -0.25) is 29.0 Å². The van der Waals surface area contributed by atoms with Gasteiger partial charge in [0.25, 0.3) is 23.6 Å². The van der Waals surface area contributed by atoms with Crippen LogP contribution in [-0.4, -0.2) is 60.0 Å². The number of hydrogen-bond donors (Lipinski definition) is 0. The van der Waals surface area contributed by atoms with Crippen molar-refractivity contribution < 1.29 is 19.2 Å². The maximum atomic E-state index is 11.0. The minimum Gasteiger partial charge on any atom is -0.278 e. The molecule has 0 unspecified atom stereocenters. The van der Waals surface area contributed by atoms with Crippen molar-refractivity contribution in [1.29, 1.82) is 0 Å². The van der Waals surface area contributed by atoms with Gasteiger partial charge in [-0.15, -0.1) is 23.5 Å². The van der Waals surface area contributed by atoms with E-state index in [1.165, 1.54) is 49.8 Å². The van der Waals surface area contributed by atoms with Crippen LogP contribution in [0.5, 0.6) is 0 Å². The summed E-state index contributed by atoms with van der Waals surface area (Å²) in [5.41, 5.74) is 0. The molecule has 0 fully saturated rings. The summed E-state index contributed by atoms with van der Waals surface area (Å²) in [6, 6.07) is 0. The van der Waals surface area contributed by atoms with Crippen molar-refractivity contribution in [3.63, 3.8) is 0 Å². The first kappa shape index (κ1) is 16.5. The quantitative estimate of drug-likeness (QED) is 0.690. The van der Waals surface area contributed by atoms with Crippen LogP contribution in [-0.2, 0) is 19.2 Å². The molecule has 2 rings (SSSR count). The molecule has 2 aliphatic heterocycles. The number of carbonyl (C=O) groups is 4. The normalized spacial score (nSPS) is 18.2. The molecule has 0 saturated heterocycles. The zero-order chi connectivity index (χ0) is 15.4. The van der Waals surface area contributed by atoms with Crippen molar-refractivity contribution in [2.75, 3.05) is 26.6 Å². The summed E-state index contributed by atoms with van der Waals surface area (Å²) in [6.07, 6.45) is 6.26. The van der Waals surface area contributed by atoms with Crippen molar-refractivity contribution in [3.05, 3.63) is 22.0 Å². The second-order valence-corrected chi connectivity index (χ2v) is 5.53. The number of imide groups is 2. The Labute approximate surface area is 125 Å². The third-order valence-electron chi connectivity index (χ3n) is 2.64. The first-order valence-electron chi connectivity index (χ1n) is 5.48. The third-order valence-corrected chi connectivity index (χ3v) is 4.11. The van der Waals surface area contributed by atoms with E-state index in [0.717, 1.165) is 9.80 Å². The van der Waals surface area contributed by atoms with Crippen LogP contribution >= 0.6 is 23.5 Å². The van der Waals surface area contributed by atoms with Crippen LogP contribution in [0.1, 0.15) is 0 Å². The Balaban J connectivity index is 0.000000200. The van der Waals surface area contributed by atoms with Gasteiger partial charge in [0.15, 0.2) is 0 Å². The van der Waals surface area contributed by atoms with Crippen molar-refractivity contribution in [3.8, 4) is 0 Å². The fourth-order valence-electron chi connectivity index (χ4n) is 1.36. The van der Waals surface area contributed by atoms with Gasteiger partial charge in [0, 0.05) is 26.2 Å². The smallest absolute Gasteiger partial charge is 0.267 e. The van der Waals surface area contributed by atoms with Gasteiger partial charge in [0.1, 0.15) is 0 Å². The van der Waals surface area contributed by atoms with E-state index in [9.17, 15) is 19.2 Å². The molecule has 0 saturated carbocycles. The Kier molecular flexibility index (Phi) is 5.58. The van der Waals surface area contributed by atoms with Crippen LogP contribution in [0.25, 0.3) is 0 Å². The summed E-state index contributed by atoms with van der Waals surface area (Å²) in [4.78, 5) is 46.7. The van der Waals surface area contributed by atoms with E-state index in [4.69, 9.17) is 0 Å². The lowest BCUT2D eigenvalue weighted by Crippen LogP contribution is -2.25. The van der Waals surface area contributed by atoms with E-state index in [2.05, 4.69) is 0 Å². The van der Waals surface area contributed by atoms with Crippen molar-refractivity contribution >= 4 is 47.2 Å². The lowest BCUT2D eigenvalue weighted by atomic mass is 10.5. The van der Waals surface area contributed by atoms with E-state index in [-0.39, 0.29) is 23.6 Å². The molecule has 0 radical (unpaired) electrons. The molecule has 0 N–H and O–H groups in total. The number of nitrogens with zero attached hydrogens (tertiary/aromatic N) is 2. The Bertz CT molecular complexity index is 492. The number of amides is 4. The molecule has 0 atom stereocenters. The third kappa shape index (κ3) is 3.31. The molecule has 6 nitrogen and oxygen atoms in total. The highest BCUT2D eigenvalue weighted by molar-refractivity contribution is 8.03. The molecule has 8 heteroatoms. The predicted octanol–water partition coefficient (Wildman–Crippen LogP) is 0.464. The van der Waals surface area contributed by atoms with E-state index >= 15 is 0 Å². The van der Waals surface area contributed by atoms with Crippen LogP contribution < -0.4 is 0 Å². The second kappa shape index (κ2) is 6.76. The second-order valence-electron chi connectivity index (χ2n) is 3.83. The van der Waals surface area contributed by atoms with Gasteiger partial charge in [0.05, 0.1) is 9.81 Å². The van der Waals surface area contributed by atoms with Gasteiger partial charge in [-0.2, -0.15) is 0 Å². The van der Waals surface area contributed by atoms with Gasteiger partial charge >= 0.3 is 0 Å². The maximum absolute atomic E-state index is 11.0. The summed E-state index contributed by atoms with van der Waals surface area (Å²) in [7, 11) is 2.95. The average Bonchev–Trinajstić information content (AvgIpc) is 2.84. The maximum Gasteiger partial charge on any atom is 0.267 e. The molecule has 20 heavy (non-hydrogen) atoms. The fourth-order valence-corrected chi connectivity index (χ4v) is 2.43. The summed E-state index contributed by atoms with van der Waals surface area (Å²) in [5.74, 6) is -0.848. The fraction of sp³-hybridized carbons (Fsp3) is 0.333. The topological polar surface area (TPSA) is 74.8 Å². The first-order valence-corrected chi connectivity index (χ1v) is 7.93. The molecular weight excluding hydrogens is 300 g/mol. The van der Waals surface area contributed by atoms with E-state index < -0.39 is 0 Å². The monoisotopic (exact) mass is 314 g/mol. The highest BCUT2D eigenvalue weighted by atomic mass is 32.2. The number of likely N-dealkylation sites (N-methyl/N-ethyl adjacent to an activating group) is 2. The van der Waals surface area contributed by atoms with Gasteiger partial charge in [-0.1, -0.05) is 0 Å². The van der Waals surface area contributed by atoms with Crippen LogP contribution in [0.2, 0.25) is 0 Å². The van der Waals surface area contributed by atoms with Crippen LogP contribution in [0.4, 0.5) is 0 Å². The summed E-state index contributed by atoms with van der Waals surface area (Å²) >= 11 is 2.59. The molecule has 0 aliphatic carbocycles. The Morgan fingerprint density at radius 2 is 1.05 bits per heavy atom. The van der Waals surface area contributed by atoms with Crippen molar-refractivity contribution in [2.45, 2.75) is 0 Å². The lowest BCUT2D eigenvalue weighted by molar-refractivity contribution is -0.136. The van der Waals surface area contributed by atoms with Crippen molar-refractivity contribution in [1.82, 2.24) is 9.80 Å². The zero-order valence-corrected chi connectivity index (χ0v) is 13.1. The minimum atomic E-state index is -0.227. The van der Waals surface area contributed by atoms with E-state index in [1.807, 2.05) is 0 Å². The Morgan fingerprint density at radius 1 is 0.750 bits per heavy atom. The summed E-state index contributed by atoms with van der Waals surface area (Å²) < 4.78 is 0. The van der Waals surface area contributed by atoms with E-state index in [1.54, 1.807) is 12.5 Å². The minimum absolute atomic E-state index is 0.197. The number of rotatable bonds is 2. The van der Waals surface area contributed by atoms with Gasteiger partial charge < -0.3 is 0 Å². The molecule has 2 heterocycles. The predicted molar refractivity (Wildman–Crippen MR) is 78.8 cm³/mol.